The third-order valence-corrected chi connectivity index (χ3v) is 8.15. The highest BCUT2D eigenvalue weighted by Crippen LogP contribution is 2.57. The quantitative estimate of drug-likeness (QED) is 0.304. The van der Waals surface area contributed by atoms with Crippen LogP contribution >= 0.6 is 0 Å². The summed E-state index contributed by atoms with van der Waals surface area (Å²) in [5, 5.41) is 5.53. The molecular formula is C33H32. The molecule has 0 nitrogen and oxygen atoms in total. The van der Waals surface area contributed by atoms with Crippen LogP contribution in [0.15, 0.2) is 83.9 Å². The molecule has 0 radical (unpaired) electrons. The molecule has 0 bridgehead atoms. The summed E-state index contributed by atoms with van der Waals surface area (Å²) in [6.07, 6.45) is 4.40. The van der Waals surface area contributed by atoms with Crippen LogP contribution in [0.4, 0.5) is 0 Å². The summed E-state index contributed by atoms with van der Waals surface area (Å²) >= 11 is 0. The van der Waals surface area contributed by atoms with Crippen molar-refractivity contribution in [3.05, 3.63) is 106 Å². The molecule has 0 N–H and O–H groups in total. The van der Waals surface area contributed by atoms with Gasteiger partial charge in [-0.1, -0.05) is 112 Å². The van der Waals surface area contributed by atoms with E-state index in [9.17, 15) is 0 Å². The van der Waals surface area contributed by atoms with Gasteiger partial charge in [0.1, 0.15) is 0 Å². The number of hydrogen-bond acceptors (Lipinski definition) is 0. The van der Waals surface area contributed by atoms with Crippen LogP contribution in [-0.2, 0) is 12.8 Å². The highest BCUT2D eigenvalue weighted by Gasteiger charge is 2.40. The van der Waals surface area contributed by atoms with Gasteiger partial charge in [0.25, 0.3) is 0 Å². The Balaban J connectivity index is 1.65. The van der Waals surface area contributed by atoms with Crippen LogP contribution in [0.5, 0.6) is 0 Å². The molecule has 6 rings (SSSR count). The molecule has 0 atom stereocenters. The summed E-state index contributed by atoms with van der Waals surface area (Å²) in [6, 6.07) is 27.3. The zero-order valence-electron chi connectivity index (χ0n) is 20.3. The lowest BCUT2D eigenvalue weighted by Crippen LogP contribution is -2.18. The molecule has 0 unspecified atom stereocenters. The first-order valence-corrected chi connectivity index (χ1v) is 12.5. The van der Waals surface area contributed by atoms with Gasteiger partial charge in [-0.15, -0.1) is 0 Å². The minimum Gasteiger partial charge on any atom is -0.0616 e. The SMILES string of the molecule is CCC1=C(C(C)(C)C2=C(CC)Cc3ccc4ccccc4c32)c2c(ccc3ccccc23)C1. The first-order chi connectivity index (χ1) is 16.0. The monoisotopic (exact) mass is 428 g/mol. The molecule has 0 heteroatoms. The molecule has 0 saturated carbocycles. The Kier molecular flexibility index (Phi) is 4.63. The predicted octanol–water partition coefficient (Wildman–Crippen LogP) is 9.16. The topological polar surface area (TPSA) is 0 Å². The Bertz CT molecular complexity index is 1380. The van der Waals surface area contributed by atoms with Gasteiger partial charge in [0.15, 0.2) is 0 Å². The van der Waals surface area contributed by atoms with Gasteiger partial charge in [0.2, 0.25) is 0 Å². The molecule has 0 aromatic heterocycles. The van der Waals surface area contributed by atoms with Crippen molar-refractivity contribution >= 4 is 32.7 Å². The molecule has 2 aliphatic carbocycles. The van der Waals surface area contributed by atoms with Crippen molar-refractivity contribution in [3.63, 3.8) is 0 Å². The zero-order chi connectivity index (χ0) is 22.7. The normalized spacial score (nSPS) is 15.6. The van der Waals surface area contributed by atoms with Gasteiger partial charge in [-0.05, 0) is 80.6 Å². The van der Waals surface area contributed by atoms with E-state index in [0.29, 0.717) is 0 Å². The lowest BCUT2D eigenvalue weighted by molar-refractivity contribution is 0.665. The van der Waals surface area contributed by atoms with Gasteiger partial charge in [0, 0.05) is 5.41 Å². The van der Waals surface area contributed by atoms with Gasteiger partial charge >= 0.3 is 0 Å². The second kappa shape index (κ2) is 7.45. The van der Waals surface area contributed by atoms with Crippen molar-refractivity contribution in [2.75, 3.05) is 0 Å². The fraction of sp³-hybridized carbons (Fsp3) is 0.273. The van der Waals surface area contributed by atoms with Crippen LogP contribution in [0.3, 0.4) is 0 Å². The molecule has 0 heterocycles. The highest BCUT2D eigenvalue weighted by molar-refractivity contribution is 6.06. The molecule has 0 aliphatic heterocycles. The van der Waals surface area contributed by atoms with Crippen molar-refractivity contribution in [2.45, 2.75) is 53.4 Å². The second-order valence-corrected chi connectivity index (χ2v) is 10.3. The van der Waals surface area contributed by atoms with Gasteiger partial charge in [0.05, 0.1) is 0 Å². The first kappa shape index (κ1) is 20.5. The molecule has 0 fully saturated rings. The Morgan fingerprint density at radius 2 is 1.00 bits per heavy atom. The summed E-state index contributed by atoms with van der Waals surface area (Å²) in [7, 11) is 0. The smallest absolute Gasteiger partial charge is 0.0158 e. The molecule has 4 aromatic rings. The standard InChI is InChI=1S/C33H32/c1-5-21-19-25-17-15-23-11-7-9-13-27(23)29(25)31(21)33(3,4)32-22(6-2)20-26-18-16-24-12-8-10-14-28(24)30(26)32/h7-18H,5-6,19-20H2,1-4H3. The van der Waals surface area contributed by atoms with Crippen LogP contribution in [0, 0.1) is 5.41 Å². The largest absolute Gasteiger partial charge is 0.0616 e. The van der Waals surface area contributed by atoms with E-state index in [-0.39, 0.29) is 5.41 Å². The third-order valence-electron chi connectivity index (χ3n) is 8.15. The zero-order valence-corrected chi connectivity index (χ0v) is 20.3. The van der Waals surface area contributed by atoms with Crippen LogP contribution in [0.2, 0.25) is 0 Å². The van der Waals surface area contributed by atoms with E-state index < -0.39 is 0 Å². The average molecular weight is 429 g/mol. The predicted molar refractivity (Wildman–Crippen MR) is 144 cm³/mol. The molecule has 33 heavy (non-hydrogen) atoms. The third kappa shape index (κ3) is 2.90. The highest BCUT2D eigenvalue weighted by atomic mass is 14.4. The van der Waals surface area contributed by atoms with Crippen molar-refractivity contribution in [1.29, 1.82) is 0 Å². The van der Waals surface area contributed by atoms with E-state index in [1.807, 2.05) is 0 Å². The summed E-state index contributed by atoms with van der Waals surface area (Å²) < 4.78 is 0. The number of fused-ring (bicyclic) bond motifs is 6. The summed E-state index contributed by atoms with van der Waals surface area (Å²) in [5.74, 6) is 0. The Morgan fingerprint density at radius 3 is 1.42 bits per heavy atom. The molecule has 0 amide bonds. The fourth-order valence-corrected chi connectivity index (χ4v) is 6.75. The summed E-state index contributed by atoms with van der Waals surface area (Å²) in [6.45, 7) is 9.67. The molecular weight excluding hydrogens is 396 g/mol. The maximum atomic E-state index is 2.50. The van der Waals surface area contributed by atoms with Gasteiger partial charge in [-0.3, -0.25) is 0 Å². The van der Waals surface area contributed by atoms with E-state index in [1.165, 1.54) is 43.8 Å². The van der Waals surface area contributed by atoms with Gasteiger partial charge < -0.3 is 0 Å². The van der Waals surface area contributed by atoms with E-state index in [1.54, 1.807) is 22.3 Å². The molecule has 164 valence electrons. The molecule has 0 spiro atoms. The van der Waals surface area contributed by atoms with Crippen molar-refractivity contribution < 1.29 is 0 Å². The van der Waals surface area contributed by atoms with Gasteiger partial charge in [-0.2, -0.15) is 0 Å². The van der Waals surface area contributed by atoms with E-state index in [0.717, 1.165) is 25.7 Å². The lowest BCUT2D eigenvalue weighted by atomic mass is 9.69. The Labute approximate surface area is 197 Å². The lowest BCUT2D eigenvalue weighted by Gasteiger charge is -2.34. The minimum atomic E-state index is -0.0541. The molecule has 4 aromatic carbocycles. The fourth-order valence-electron chi connectivity index (χ4n) is 6.75. The number of rotatable bonds is 4. The number of benzene rings is 4. The maximum absolute atomic E-state index is 2.50. The summed E-state index contributed by atoms with van der Waals surface area (Å²) in [4.78, 5) is 0. The van der Waals surface area contributed by atoms with Crippen LogP contribution < -0.4 is 0 Å². The van der Waals surface area contributed by atoms with Crippen LogP contribution in [0.1, 0.15) is 62.8 Å². The van der Waals surface area contributed by atoms with Crippen molar-refractivity contribution in [2.24, 2.45) is 5.41 Å². The average Bonchev–Trinajstić information content (AvgIpc) is 3.43. The number of hydrogen-bond donors (Lipinski definition) is 0. The molecule has 0 saturated heterocycles. The van der Waals surface area contributed by atoms with Gasteiger partial charge in [-0.25, -0.2) is 0 Å². The maximum Gasteiger partial charge on any atom is 0.0158 e. The Morgan fingerprint density at radius 1 is 0.576 bits per heavy atom. The van der Waals surface area contributed by atoms with Crippen molar-refractivity contribution in [1.82, 2.24) is 0 Å². The van der Waals surface area contributed by atoms with Crippen LogP contribution in [0.25, 0.3) is 32.7 Å². The van der Waals surface area contributed by atoms with E-state index in [4.69, 9.17) is 0 Å². The first-order valence-electron chi connectivity index (χ1n) is 12.5. The van der Waals surface area contributed by atoms with Crippen LogP contribution in [-0.4, -0.2) is 0 Å². The Hall–Kier alpha value is -3.12. The van der Waals surface area contributed by atoms with Crippen molar-refractivity contribution in [3.8, 4) is 0 Å². The minimum absolute atomic E-state index is 0.0541. The summed E-state index contributed by atoms with van der Waals surface area (Å²) in [5.41, 5.74) is 12.4. The van der Waals surface area contributed by atoms with E-state index in [2.05, 4.69) is 100 Å². The van der Waals surface area contributed by atoms with E-state index >= 15 is 0 Å². The second-order valence-electron chi connectivity index (χ2n) is 10.3. The number of allylic oxidation sites excluding steroid dienone is 4. The molecule has 2 aliphatic rings.